The maximum absolute atomic E-state index is 11.6. The Balaban J connectivity index is 2.44. The molecule has 0 fully saturated rings. The van der Waals surface area contributed by atoms with Crippen LogP contribution in [-0.2, 0) is 0 Å². The van der Waals surface area contributed by atoms with Gasteiger partial charge in [0.2, 0.25) is 4.86 Å². The number of rotatable bonds is 3. The Kier molecular flexibility index (Phi) is 3.76. The molecule has 0 spiro atoms. The van der Waals surface area contributed by atoms with Crippen molar-refractivity contribution in [1.82, 2.24) is 0 Å². The van der Waals surface area contributed by atoms with Crippen molar-refractivity contribution in [3.63, 3.8) is 0 Å². The molecule has 0 bridgehead atoms. The van der Waals surface area contributed by atoms with E-state index in [1.54, 1.807) is 0 Å². The molecule has 2 aromatic rings. The highest BCUT2D eigenvalue weighted by Crippen LogP contribution is 2.36. The molecule has 0 aliphatic heterocycles. The van der Waals surface area contributed by atoms with Crippen LogP contribution in [0.4, 0.5) is 4.79 Å². The fraction of sp³-hybridized carbons (Fsp3) is 0. The van der Waals surface area contributed by atoms with Gasteiger partial charge in [0.1, 0.15) is 0 Å². The van der Waals surface area contributed by atoms with Gasteiger partial charge in [-0.2, -0.15) is 0 Å². The van der Waals surface area contributed by atoms with Crippen molar-refractivity contribution in [2.24, 2.45) is 0 Å². The number of hydrogen-bond donors (Lipinski definition) is 1. The molecule has 0 aromatic heterocycles. The average molecular weight is 246 g/mol. The number of carbonyl (C=O) groups excluding carboxylic acids is 1. The minimum Gasteiger partial charge on any atom is -0.282 e. The molecule has 2 aromatic carbocycles. The molecule has 3 heteroatoms. The molecule has 2 rings (SSSR count). The second-order valence-corrected chi connectivity index (χ2v) is 6.16. The lowest BCUT2D eigenvalue weighted by atomic mass is 10.4. The molecule has 0 N–H and O–H groups in total. The third kappa shape index (κ3) is 2.52. The van der Waals surface area contributed by atoms with Crippen LogP contribution in [0, 0.1) is 0 Å². The summed E-state index contributed by atoms with van der Waals surface area (Å²) in [6, 6.07) is 19.6. The molecule has 1 nitrogen and oxygen atoms in total. The van der Waals surface area contributed by atoms with E-state index in [0.717, 1.165) is 10.6 Å². The molecule has 0 aliphatic carbocycles. The van der Waals surface area contributed by atoms with Crippen molar-refractivity contribution in [3.8, 4) is 0 Å². The number of carbonyl (C=O) groups is 1. The highest BCUT2D eigenvalue weighted by molar-refractivity contribution is 8.17. The second kappa shape index (κ2) is 5.29. The van der Waals surface area contributed by atoms with Crippen LogP contribution in [0.25, 0.3) is 0 Å². The molecule has 80 valence electrons. The smallest absolute Gasteiger partial charge is 0.215 e. The minimum atomic E-state index is -0.985. The Morgan fingerprint density at radius 3 is 1.50 bits per heavy atom. The zero-order valence-electron chi connectivity index (χ0n) is 8.58. The maximum Gasteiger partial charge on any atom is 0.215 e. The predicted molar refractivity (Wildman–Crippen MR) is 73.5 cm³/mol. The first-order valence-electron chi connectivity index (χ1n) is 4.92. The van der Waals surface area contributed by atoms with Gasteiger partial charge in [-0.1, -0.05) is 60.7 Å². The fourth-order valence-corrected chi connectivity index (χ4v) is 3.90. The van der Waals surface area contributed by atoms with Gasteiger partial charge < -0.3 is 0 Å². The largest absolute Gasteiger partial charge is 0.282 e. The highest BCUT2D eigenvalue weighted by atomic mass is 32.1. The summed E-state index contributed by atoms with van der Waals surface area (Å²) in [6.45, 7) is 0. The molecule has 0 aliphatic rings. The van der Waals surface area contributed by atoms with Crippen molar-refractivity contribution < 1.29 is 4.79 Å². The first-order chi connectivity index (χ1) is 7.79. The van der Waals surface area contributed by atoms with E-state index in [0.29, 0.717) is 0 Å². The molecular weight excluding hydrogens is 235 g/mol. The molecule has 0 heterocycles. The monoisotopic (exact) mass is 246 g/mol. The van der Waals surface area contributed by atoms with Crippen molar-refractivity contribution in [1.29, 1.82) is 0 Å². The van der Waals surface area contributed by atoms with Gasteiger partial charge in [-0.15, -0.1) is 12.6 Å². The zero-order chi connectivity index (χ0) is 11.4. The van der Waals surface area contributed by atoms with E-state index in [-0.39, 0.29) is 4.86 Å². The van der Waals surface area contributed by atoms with Crippen LogP contribution in [0.2, 0.25) is 0 Å². The summed E-state index contributed by atoms with van der Waals surface area (Å²) < 4.78 is 0. The summed E-state index contributed by atoms with van der Waals surface area (Å²) in [5, 5.41) is 2.09. The van der Waals surface area contributed by atoms with Crippen LogP contribution in [0.1, 0.15) is 0 Å². The third-order valence-electron chi connectivity index (χ3n) is 2.22. The highest BCUT2D eigenvalue weighted by Gasteiger charge is 2.18. The number of benzene rings is 2. The van der Waals surface area contributed by atoms with E-state index in [1.807, 2.05) is 60.7 Å². The van der Waals surface area contributed by atoms with E-state index in [4.69, 9.17) is 0 Å². The minimum absolute atomic E-state index is 0.0626. The van der Waals surface area contributed by atoms with Gasteiger partial charge in [0.25, 0.3) is 0 Å². The van der Waals surface area contributed by atoms with E-state index in [9.17, 15) is 4.79 Å². The van der Waals surface area contributed by atoms with Gasteiger partial charge in [0, 0.05) is 7.92 Å². The average Bonchev–Trinajstić information content (AvgIpc) is 2.31. The van der Waals surface area contributed by atoms with Crippen LogP contribution in [0.3, 0.4) is 0 Å². The van der Waals surface area contributed by atoms with E-state index >= 15 is 0 Å². The Morgan fingerprint density at radius 1 is 0.812 bits per heavy atom. The third-order valence-corrected chi connectivity index (χ3v) is 4.83. The summed E-state index contributed by atoms with van der Waals surface area (Å²) >= 11 is 4.01. The quantitative estimate of drug-likeness (QED) is 0.650. The van der Waals surface area contributed by atoms with Gasteiger partial charge in [-0.25, -0.2) is 0 Å². The lowest BCUT2D eigenvalue weighted by molar-refractivity contribution is 0.276. The number of hydrogen-bond acceptors (Lipinski definition) is 1. The Hall–Kier alpha value is -1.11. The first-order valence-corrected chi connectivity index (χ1v) is 6.71. The summed E-state index contributed by atoms with van der Waals surface area (Å²) in [5.74, 6) is 0. The van der Waals surface area contributed by atoms with Crippen LogP contribution < -0.4 is 10.6 Å². The maximum atomic E-state index is 11.6. The van der Waals surface area contributed by atoms with Gasteiger partial charge in [-0.3, -0.25) is 4.79 Å². The van der Waals surface area contributed by atoms with Gasteiger partial charge in [0.15, 0.2) is 0 Å². The van der Waals surface area contributed by atoms with Gasteiger partial charge >= 0.3 is 0 Å². The van der Waals surface area contributed by atoms with Crippen LogP contribution in [-0.4, -0.2) is 4.86 Å². The number of thiol groups is 1. The Morgan fingerprint density at radius 2 is 1.19 bits per heavy atom. The molecule has 16 heavy (non-hydrogen) atoms. The van der Waals surface area contributed by atoms with Crippen LogP contribution >= 0.6 is 20.6 Å². The summed E-state index contributed by atoms with van der Waals surface area (Å²) in [7, 11) is -0.985. The van der Waals surface area contributed by atoms with Crippen LogP contribution in [0.5, 0.6) is 0 Å². The lowest BCUT2D eigenvalue weighted by Crippen LogP contribution is -2.14. The topological polar surface area (TPSA) is 17.1 Å². The normalized spacial score (nSPS) is 10.4. The predicted octanol–water partition coefficient (Wildman–Crippen LogP) is 3.17. The van der Waals surface area contributed by atoms with Crippen LogP contribution in [0.15, 0.2) is 60.7 Å². The lowest BCUT2D eigenvalue weighted by Gasteiger charge is -2.13. The molecule has 0 radical (unpaired) electrons. The summed E-state index contributed by atoms with van der Waals surface area (Å²) in [5.41, 5.74) is 0. The summed E-state index contributed by atoms with van der Waals surface area (Å²) in [6.07, 6.45) is 0. The molecular formula is C13H11OPS. The first kappa shape index (κ1) is 11.4. The zero-order valence-corrected chi connectivity index (χ0v) is 10.4. The standard InChI is InChI=1S/C13H11OPS/c14-13(16)15(11-7-3-1-4-8-11)12-9-5-2-6-10-12/h1-10H,(H,14,16). The second-order valence-electron chi connectivity index (χ2n) is 3.29. The van der Waals surface area contributed by atoms with E-state index < -0.39 is 7.92 Å². The van der Waals surface area contributed by atoms with E-state index in [2.05, 4.69) is 12.6 Å². The fourth-order valence-electron chi connectivity index (χ4n) is 1.52. The molecule has 0 atom stereocenters. The SMILES string of the molecule is O=C(S)P(c1ccccc1)c1ccccc1. The van der Waals surface area contributed by atoms with Gasteiger partial charge in [-0.05, 0) is 10.6 Å². The van der Waals surface area contributed by atoms with E-state index in [1.165, 1.54) is 0 Å². The summed E-state index contributed by atoms with van der Waals surface area (Å²) in [4.78, 5) is 11.6. The van der Waals surface area contributed by atoms with Crippen molar-refractivity contribution >= 4 is 36.0 Å². The van der Waals surface area contributed by atoms with Crippen molar-refractivity contribution in [2.45, 2.75) is 0 Å². The molecule has 0 saturated heterocycles. The van der Waals surface area contributed by atoms with Gasteiger partial charge in [0.05, 0.1) is 0 Å². The Bertz CT molecular complexity index is 430. The van der Waals surface area contributed by atoms with Crippen molar-refractivity contribution in [2.75, 3.05) is 0 Å². The van der Waals surface area contributed by atoms with Crippen molar-refractivity contribution in [3.05, 3.63) is 60.7 Å². The molecule has 0 unspecified atom stereocenters. The Labute approximate surface area is 102 Å². The molecule has 0 amide bonds. The molecule has 0 saturated carbocycles.